The number of hydrogen-bond acceptors (Lipinski definition) is 4. The van der Waals surface area contributed by atoms with E-state index in [0.29, 0.717) is 12.2 Å². The second kappa shape index (κ2) is 5.42. The summed E-state index contributed by atoms with van der Waals surface area (Å²) in [6, 6.07) is 2.81. The van der Waals surface area contributed by atoms with Gasteiger partial charge in [-0.3, -0.25) is 10.1 Å². The predicted octanol–water partition coefficient (Wildman–Crippen LogP) is 2.68. The number of benzene rings is 1. The summed E-state index contributed by atoms with van der Waals surface area (Å²) in [5, 5.41) is 14.4. The van der Waals surface area contributed by atoms with Crippen molar-refractivity contribution < 1.29 is 9.31 Å². The molecule has 1 saturated heterocycles. The van der Waals surface area contributed by atoms with Gasteiger partial charge in [0.15, 0.2) is 0 Å². The van der Waals surface area contributed by atoms with E-state index in [9.17, 15) is 14.5 Å². The number of halogens is 2. The lowest BCUT2D eigenvalue weighted by Gasteiger charge is -2.38. The van der Waals surface area contributed by atoms with Crippen molar-refractivity contribution in [2.75, 3.05) is 18.0 Å². The Kier molecular flexibility index (Phi) is 4.05. The summed E-state index contributed by atoms with van der Waals surface area (Å²) in [5.41, 5.74) is 0.265. The molecule has 5 nitrogen and oxygen atoms in total. The van der Waals surface area contributed by atoms with Crippen molar-refractivity contribution in [3.8, 4) is 0 Å². The standard InChI is InChI=1S/C12H15BrFN3O2/c1-7-6-16(8(2)5-15-7)11-3-9(13)10(14)4-12(11)17(18)19/h3-4,7-8,15H,5-6H2,1-2H3. The Bertz CT molecular complexity index is 512. The van der Waals surface area contributed by atoms with Gasteiger partial charge in [0.25, 0.3) is 5.69 Å². The smallest absolute Gasteiger partial charge is 0.295 e. The van der Waals surface area contributed by atoms with Gasteiger partial charge in [-0.15, -0.1) is 0 Å². The summed E-state index contributed by atoms with van der Waals surface area (Å²) in [6.07, 6.45) is 0. The summed E-state index contributed by atoms with van der Waals surface area (Å²) in [4.78, 5) is 12.5. The lowest BCUT2D eigenvalue weighted by atomic mass is 10.1. The zero-order valence-electron chi connectivity index (χ0n) is 10.7. The molecule has 0 saturated carbocycles. The number of hydrogen-bond donors (Lipinski definition) is 1. The van der Waals surface area contributed by atoms with Gasteiger partial charge < -0.3 is 10.2 Å². The number of nitro groups is 1. The van der Waals surface area contributed by atoms with Gasteiger partial charge in [-0.2, -0.15) is 0 Å². The van der Waals surface area contributed by atoms with Crippen LogP contribution in [0.4, 0.5) is 15.8 Å². The molecule has 0 spiro atoms. The number of nitrogens with one attached hydrogen (secondary N) is 1. The first-order valence-electron chi connectivity index (χ1n) is 6.03. The Balaban J connectivity index is 2.47. The minimum atomic E-state index is -0.619. The molecule has 1 aromatic rings. The van der Waals surface area contributed by atoms with E-state index in [0.717, 1.165) is 12.6 Å². The molecule has 2 rings (SSSR count). The molecule has 19 heavy (non-hydrogen) atoms. The van der Waals surface area contributed by atoms with Gasteiger partial charge in [-0.25, -0.2) is 4.39 Å². The third-order valence-electron chi connectivity index (χ3n) is 3.29. The van der Waals surface area contributed by atoms with Crippen LogP contribution >= 0.6 is 15.9 Å². The second-order valence-corrected chi connectivity index (χ2v) is 5.68. The highest BCUT2D eigenvalue weighted by molar-refractivity contribution is 9.10. The van der Waals surface area contributed by atoms with E-state index in [1.165, 1.54) is 6.07 Å². The number of anilines is 1. The average molecular weight is 332 g/mol. The van der Waals surface area contributed by atoms with Gasteiger partial charge in [-0.1, -0.05) is 0 Å². The Hall–Kier alpha value is -1.21. The van der Waals surface area contributed by atoms with Crippen LogP contribution in [-0.2, 0) is 0 Å². The molecule has 1 aromatic carbocycles. The van der Waals surface area contributed by atoms with Crippen LogP contribution in [0.15, 0.2) is 16.6 Å². The monoisotopic (exact) mass is 331 g/mol. The van der Waals surface area contributed by atoms with E-state index in [2.05, 4.69) is 21.2 Å². The molecule has 7 heteroatoms. The van der Waals surface area contributed by atoms with Gasteiger partial charge >= 0.3 is 0 Å². The lowest BCUT2D eigenvalue weighted by molar-refractivity contribution is -0.384. The van der Waals surface area contributed by atoms with Crippen molar-refractivity contribution in [2.45, 2.75) is 25.9 Å². The van der Waals surface area contributed by atoms with Crippen molar-refractivity contribution in [1.29, 1.82) is 0 Å². The molecule has 2 unspecified atom stereocenters. The van der Waals surface area contributed by atoms with Crippen molar-refractivity contribution in [2.24, 2.45) is 0 Å². The van der Waals surface area contributed by atoms with E-state index in [4.69, 9.17) is 0 Å². The predicted molar refractivity (Wildman–Crippen MR) is 75.0 cm³/mol. The zero-order chi connectivity index (χ0) is 14.2. The van der Waals surface area contributed by atoms with Gasteiger partial charge in [0.05, 0.1) is 15.5 Å². The van der Waals surface area contributed by atoms with E-state index in [1.807, 2.05) is 18.7 Å². The molecule has 2 atom stereocenters. The Labute approximate surface area is 119 Å². The third kappa shape index (κ3) is 2.87. The molecular formula is C12H15BrFN3O2. The van der Waals surface area contributed by atoms with E-state index in [-0.39, 0.29) is 22.2 Å². The van der Waals surface area contributed by atoms with Gasteiger partial charge in [0.1, 0.15) is 11.5 Å². The van der Waals surface area contributed by atoms with Crippen LogP contribution < -0.4 is 10.2 Å². The van der Waals surface area contributed by atoms with Crippen LogP contribution in [0.3, 0.4) is 0 Å². The minimum Gasteiger partial charge on any atom is -0.360 e. The highest BCUT2D eigenvalue weighted by atomic mass is 79.9. The summed E-state index contributed by atoms with van der Waals surface area (Å²) in [5.74, 6) is -0.619. The first-order chi connectivity index (χ1) is 8.90. The summed E-state index contributed by atoms with van der Waals surface area (Å²) in [6.45, 7) is 5.40. The van der Waals surface area contributed by atoms with Gasteiger partial charge in [0, 0.05) is 25.2 Å². The first-order valence-corrected chi connectivity index (χ1v) is 6.83. The fraction of sp³-hybridized carbons (Fsp3) is 0.500. The van der Waals surface area contributed by atoms with Crippen molar-refractivity contribution in [3.63, 3.8) is 0 Å². The molecular weight excluding hydrogens is 317 g/mol. The number of nitrogens with zero attached hydrogens (tertiary/aromatic N) is 2. The number of piperazine rings is 1. The van der Waals surface area contributed by atoms with Gasteiger partial charge in [0.2, 0.25) is 0 Å². The fourth-order valence-corrected chi connectivity index (χ4v) is 2.59. The Morgan fingerprint density at radius 2 is 2.21 bits per heavy atom. The molecule has 0 aliphatic carbocycles. The van der Waals surface area contributed by atoms with Crippen molar-refractivity contribution in [3.05, 3.63) is 32.5 Å². The molecule has 0 aromatic heterocycles. The van der Waals surface area contributed by atoms with Crippen LogP contribution in [0.5, 0.6) is 0 Å². The molecule has 1 fully saturated rings. The molecule has 0 radical (unpaired) electrons. The van der Waals surface area contributed by atoms with E-state index < -0.39 is 10.7 Å². The van der Waals surface area contributed by atoms with Crippen LogP contribution in [0, 0.1) is 15.9 Å². The lowest BCUT2D eigenvalue weighted by Crippen LogP contribution is -2.54. The third-order valence-corrected chi connectivity index (χ3v) is 3.90. The summed E-state index contributed by atoms with van der Waals surface area (Å²) in [7, 11) is 0. The highest BCUT2D eigenvalue weighted by Crippen LogP contribution is 2.35. The second-order valence-electron chi connectivity index (χ2n) is 4.82. The number of nitro benzene ring substituents is 1. The average Bonchev–Trinajstić information content (AvgIpc) is 2.35. The molecule has 104 valence electrons. The maximum atomic E-state index is 13.5. The molecule has 1 aliphatic rings. The Morgan fingerprint density at radius 3 is 2.84 bits per heavy atom. The normalized spacial score (nSPS) is 23.5. The highest BCUT2D eigenvalue weighted by Gasteiger charge is 2.29. The topological polar surface area (TPSA) is 58.4 Å². The van der Waals surface area contributed by atoms with Gasteiger partial charge in [-0.05, 0) is 35.8 Å². The van der Waals surface area contributed by atoms with E-state index >= 15 is 0 Å². The van der Waals surface area contributed by atoms with Crippen LogP contribution in [0.2, 0.25) is 0 Å². The SMILES string of the molecule is CC1CN(c2cc(Br)c(F)cc2[N+](=O)[O-])C(C)CN1. The minimum absolute atomic E-state index is 0.118. The molecule has 1 N–H and O–H groups in total. The first kappa shape index (κ1) is 14.2. The molecule has 0 bridgehead atoms. The van der Waals surface area contributed by atoms with Crippen LogP contribution in [0.25, 0.3) is 0 Å². The summed E-state index contributed by atoms with van der Waals surface area (Å²) < 4.78 is 13.7. The largest absolute Gasteiger partial charge is 0.360 e. The van der Waals surface area contributed by atoms with E-state index in [1.54, 1.807) is 0 Å². The van der Waals surface area contributed by atoms with Crippen molar-refractivity contribution in [1.82, 2.24) is 5.32 Å². The van der Waals surface area contributed by atoms with Crippen LogP contribution in [0.1, 0.15) is 13.8 Å². The zero-order valence-corrected chi connectivity index (χ0v) is 12.3. The molecule has 1 aliphatic heterocycles. The molecule has 1 heterocycles. The van der Waals surface area contributed by atoms with Crippen molar-refractivity contribution >= 4 is 27.3 Å². The fourth-order valence-electron chi connectivity index (χ4n) is 2.26. The number of rotatable bonds is 2. The van der Waals surface area contributed by atoms with Crippen LogP contribution in [-0.4, -0.2) is 30.1 Å². The quantitative estimate of drug-likeness (QED) is 0.668. The maximum absolute atomic E-state index is 13.5. The molecule has 0 amide bonds. The maximum Gasteiger partial charge on any atom is 0.295 e. The Morgan fingerprint density at radius 1 is 1.53 bits per heavy atom. The summed E-state index contributed by atoms with van der Waals surface area (Å²) >= 11 is 3.09.